The van der Waals surface area contributed by atoms with Crippen molar-refractivity contribution in [3.8, 4) is 0 Å². The lowest BCUT2D eigenvalue weighted by Gasteiger charge is -2.15. The highest BCUT2D eigenvalue weighted by molar-refractivity contribution is 6.03. The number of anilines is 2. The molecule has 3 rings (SSSR count). The number of hydrogen-bond donors (Lipinski definition) is 2. The van der Waals surface area contributed by atoms with E-state index in [0.717, 1.165) is 16.3 Å². The van der Waals surface area contributed by atoms with Gasteiger partial charge in [0.25, 0.3) is 0 Å². The van der Waals surface area contributed by atoms with Gasteiger partial charge >= 0.3 is 5.97 Å². The summed E-state index contributed by atoms with van der Waals surface area (Å²) in [6.07, 6.45) is 0.239. The van der Waals surface area contributed by atoms with Gasteiger partial charge in [-0.1, -0.05) is 49.4 Å². The fourth-order valence-electron chi connectivity index (χ4n) is 3.33. The lowest BCUT2D eigenvalue weighted by Crippen LogP contribution is -2.17. The van der Waals surface area contributed by atoms with Crippen molar-refractivity contribution in [2.24, 2.45) is 0 Å². The lowest BCUT2D eigenvalue weighted by atomic mass is 9.95. The van der Waals surface area contributed by atoms with Crippen molar-refractivity contribution in [3.63, 3.8) is 0 Å². The molecule has 0 aliphatic heterocycles. The second-order valence-corrected chi connectivity index (χ2v) is 7.19. The standard InChI is InChI=1S/C24H24N2O4/c1-15(18-9-8-17-6-4-5-7-19(17)13-18)12-23(28)26-22-14-20(25-16(2)27)10-11-21(22)24(29)30-3/h4-11,13-15H,12H2,1-3H3,(H,25,27)(H,26,28). The number of esters is 1. The van der Waals surface area contributed by atoms with Crippen molar-refractivity contribution in [2.75, 3.05) is 17.7 Å². The van der Waals surface area contributed by atoms with Crippen molar-refractivity contribution in [1.29, 1.82) is 0 Å². The predicted molar refractivity (Wildman–Crippen MR) is 118 cm³/mol. The van der Waals surface area contributed by atoms with E-state index in [9.17, 15) is 14.4 Å². The molecule has 154 valence electrons. The Morgan fingerprint density at radius 2 is 1.67 bits per heavy atom. The largest absolute Gasteiger partial charge is 0.465 e. The van der Waals surface area contributed by atoms with Gasteiger partial charge in [-0.05, 0) is 40.5 Å². The number of carbonyl (C=O) groups excluding carboxylic acids is 3. The molecule has 0 saturated heterocycles. The summed E-state index contributed by atoms with van der Waals surface area (Å²) in [6.45, 7) is 3.37. The van der Waals surface area contributed by atoms with Gasteiger partial charge in [0.1, 0.15) is 0 Å². The molecule has 30 heavy (non-hydrogen) atoms. The van der Waals surface area contributed by atoms with Crippen molar-refractivity contribution in [2.45, 2.75) is 26.2 Å². The zero-order valence-electron chi connectivity index (χ0n) is 17.2. The van der Waals surface area contributed by atoms with Crippen LogP contribution in [0.15, 0.2) is 60.7 Å². The van der Waals surface area contributed by atoms with Crippen LogP contribution in [0.4, 0.5) is 11.4 Å². The molecule has 3 aromatic rings. The highest BCUT2D eigenvalue weighted by atomic mass is 16.5. The fraction of sp³-hybridized carbons (Fsp3) is 0.208. The Kier molecular flexibility index (Phi) is 6.47. The molecule has 0 bridgehead atoms. The van der Waals surface area contributed by atoms with Gasteiger partial charge in [-0.3, -0.25) is 9.59 Å². The van der Waals surface area contributed by atoms with Gasteiger partial charge in [-0.25, -0.2) is 4.79 Å². The molecule has 0 heterocycles. The molecule has 3 aromatic carbocycles. The second kappa shape index (κ2) is 9.22. The molecule has 1 unspecified atom stereocenters. The van der Waals surface area contributed by atoms with E-state index >= 15 is 0 Å². The molecule has 0 aromatic heterocycles. The van der Waals surface area contributed by atoms with Crippen LogP contribution in [0.1, 0.15) is 42.1 Å². The summed E-state index contributed by atoms with van der Waals surface area (Å²) in [6, 6.07) is 18.9. The number of amides is 2. The highest BCUT2D eigenvalue weighted by Gasteiger charge is 2.17. The highest BCUT2D eigenvalue weighted by Crippen LogP contribution is 2.26. The van der Waals surface area contributed by atoms with Gasteiger partial charge in [-0.2, -0.15) is 0 Å². The molecule has 0 fully saturated rings. The minimum Gasteiger partial charge on any atom is -0.465 e. The molecule has 0 radical (unpaired) electrons. The third-order valence-electron chi connectivity index (χ3n) is 4.85. The summed E-state index contributed by atoms with van der Waals surface area (Å²) < 4.78 is 4.79. The van der Waals surface area contributed by atoms with Crippen LogP contribution in [-0.4, -0.2) is 24.9 Å². The molecule has 0 aliphatic rings. The normalized spacial score (nSPS) is 11.6. The van der Waals surface area contributed by atoms with Crippen LogP contribution in [-0.2, 0) is 14.3 Å². The van der Waals surface area contributed by atoms with E-state index in [1.54, 1.807) is 12.1 Å². The smallest absolute Gasteiger partial charge is 0.339 e. The molecule has 6 nitrogen and oxygen atoms in total. The average Bonchev–Trinajstić information content (AvgIpc) is 2.72. The first-order valence-electron chi connectivity index (χ1n) is 9.66. The van der Waals surface area contributed by atoms with Gasteiger partial charge in [0.2, 0.25) is 11.8 Å². The third-order valence-corrected chi connectivity index (χ3v) is 4.85. The van der Waals surface area contributed by atoms with Crippen LogP contribution in [0, 0.1) is 0 Å². The molecule has 0 saturated carbocycles. The maximum Gasteiger partial charge on any atom is 0.339 e. The number of nitrogens with one attached hydrogen (secondary N) is 2. The van der Waals surface area contributed by atoms with E-state index in [-0.39, 0.29) is 29.7 Å². The van der Waals surface area contributed by atoms with E-state index in [4.69, 9.17) is 4.74 Å². The summed E-state index contributed by atoms with van der Waals surface area (Å²) in [5.74, 6) is -1.07. The Bertz CT molecular complexity index is 1110. The number of benzene rings is 3. The fourth-order valence-corrected chi connectivity index (χ4v) is 3.33. The van der Waals surface area contributed by atoms with Crippen LogP contribution < -0.4 is 10.6 Å². The van der Waals surface area contributed by atoms with Crippen molar-refractivity contribution in [3.05, 3.63) is 71.8 Å². The minimum atomic E-state index is -0.567. The van der Waals surface area contributed by atoms with Crippen LogP contribution in [0.2, 0.25) is 0 Å². The maximum atomic E-state index is 12.7. The van der Waals surface area contributed by atoms with Gasteiger partial charge in [0, 0.05) is 19.0 Å². The number of hydrogen-bond acceptors (Lipinski definition) is 4. The van der Waals surface area contributed by atoms with Crippen LogP contribution >= 0.6 is 0 Å². The van der Waals surface area contributed by atoms with Gasteiger partial charge in [0.15, 0.2) is 0 Å². The maximum absolute atomic E-state index is 12.7. The molecule has 2 amide bonds. The van der Waals surface area contributed by atoms with Gasteiger partial charge in [-0.15, -0.1) is 0 Å². The van der Waals surface area contributed by atoms with Gasteiger partial charge < -0.3 is 15.4 Å². The SMILES string of the molecule is COC(=O)c1ccc(NC(C)=O)cc1NC(=O)CC(C)c1ccc2ccccc2c1. The minimum absolute atomic E-state index is 0.0188. The Hall–Kier alpha value is -3.67. The van der Waals surface area contributed by atoms with Crippen molar-refractivity contribution >= 4 is 39.9 Å². The van der Waals surface area contributed by atoms with Crippen LogP contribution in [0.5, 0.6) is 0 Å². The Morgan fingerprint density at radius 3 is 2.37 bits per heavy atom. The van der Waals surface area contributed by atoms with Crippen molar-refractivity contribution < 1.29 is 19.1 Å². The monoisotopic (exact) mass is 404 g/mol. The quantitative estimate of drug-likeness (QED) is 0.583. The van der Waals surface area contributed by atoms with Crippen LogP contribution in [0.25, 0.3) is 10.8 Å². The Labute approximate surface area is 175 Å². The number of ether oxygens (including phenoxy) is 1. The number of fused-ring (bicyclic) bond motifs is 1. The molecule has 1 atom stereocenters. The van der Waals surface area contributed by atoms with E-state index < -0.39 is 5.97 Å². The Morgan fingerprint density at radius 1 is 0.933 bits per heavy atom. The lowest BCUT2D eigenvalue weighted by molar-refractivity contribution is -0.116. The molecule has 0 spiro atoms. The molecular formula is C24H24N2O4. The van der Waals surface area contributed by atoms with E-state index in [1.807, 2.05) is 43.3 Å². The number of rotatable bonds is 6. The molecular weight excluding hydrogens is 380 g/mol. The van der Waals surface area contributed by atoms with Crippen molar-refractivity contribution in [1.82, 2.24) is 0 Å². The summed E-state index contributed by atoms with van der Waals surface area (Å²) >= 11 is 0. The third kappa shape index (κ3) is 5.03. The molecule has 0 aliphatic carbocycles. The number of methoxy groups -OCH3 is 1. The predicted octanol–water partition coefficient (Wildman–Crippen LogP) is 4.72. The molecule has 6 heteroatoms. The first-order chi connectivity index (χ1) is 14.4. The van der Waals surface area contributed by atoms with Gasteiger partial charge in [0.05, 0.1) is 18.4 Å². The summed E-state index contributed by atoms with van der Waals surface area (Å²) in [4.78, 5) is 36.1. The first kappa shape index (κ1) is 21.0. The molecule has 2 N–H and O–H groups in total. The van der Waals surface area contributed by atoms with E-state index in [0.29, 0.717) is 11.4 Å². The summed E-state index contributed by atoms with van der Waals surface area (Å²) in [7, 11) is 1.28. The topological polar surface area (TPSA) is 84.5 Å². The van der Waals surface area contributed by atoms with Crippen LogP contribution in [0.3, 0.4) is 0 Å². The number of carbonyl (C=O) groups is 3. The van der Waals surface area contributed by atoms with E-state index in [1.165, 1.54) is 20.1 Å². The van der Waals surface area contributed by atoms with E-state index in [2.05, 4.69) is 16.7 Å². The average molecular weight is 404 g/mol. The first-order valence-corrected chi connectivity index (χ1v) is 9.66. The zero-order chi connectivity index (χ0) is 21.7. The summed E-state index contributed by atoms with van der Waals surface area (Å²) in [5.41, 5.74) is 2.05. The Balaban J connectivity index is 1.78. The zero-order valence-corrected chi connectivity index (χ0v) is 17.2. The second-order valence-electron chi connectivity index (χ2n) is 7.19. The summed E-state index contributed by atoms with van der Waals surface area (Å²) in [5, 5.41) is 7.70.